The lowest BCUT2D eigenvalue weighted by molar-refractivity contribution is 0.832. The van der Waals surface area contributed by atoms with E-state index in [0.29, 0.717) is 0 Å². The Labute approximate surface area is 97.9 Å². The molecular formula is C14H20N2. The molecule has 0 aliphatic rings. The van der Waals surface area contributed by atoms with Crippen molar-refractivity contribution in [3.8, 4) is 5.69 Å². The first-order valence-corrected chi connectivity index (χ1v) is 5.77. The molecule has 0 unspecified atom stereocenters. The minimum absolute atomic E-state index is 1.06. The van der Waals surface area contributed by atoms with Crippen LogP contribution in [0.15, 0.2) is 30.3 Å². The number of aromatic nitrogens is 2. The normalized spacial score (nSPS) is 9.56. The highest BCUT2D eigenvalue weighted by molar-refractivity contribution is 5.36. The first-order valence-electron chi connectivity index (χ1n) is 5.77. The molecule has 1 heterocycles. The van der Waals surface area contributed by atoms with Crippen molar-refractivity contribution in [2.45, 2.75) is 34.6 Å². The smallest absolute Gasteiger partial charge is 0.0651 e. The van der Waals surface area contributed by atoms with E-state index >= 15 is 0 Å². The second-order valence-corrected chi connectivity index (χ2v) is 3.68. The minimum atomic E-state index is 1.06. The molecule has 1 aromatic heterocycles. The van der Waals surface area contributed by atoms with Gasteiger partial charge in [-0.2, -0.15) is 5.10 Å². The minimum Gasteiger partial charge on any atom is -0.238 e. The van der Waals surface area contributed by atoms with Crippen LogP contribution in [-0.4, -0.2) is 9.78 Å². The number of benzene rings is 1. The quantitative estimate of drug-likeness (QED) is 0.708. The van der Waals surface area contributed by atoms with Crippen LogP contribution in [0.4, 0.5) is 0 Å². The lowest BCUT2D eigenvalue weighted by Gasteiger charge is -2.04. The van der Waals surface area contributed by atoms with Gasteiger partial charge in [0.2, 0.25) is 0 Å². The molecule has 16 heavy (non-hydrogen) atoms. The molecule has 2 rings (SSSR count). The molecule has 0 N–H and O–H groups in total. The first kappa shape index (κ1) is 12.5. The molecule has 0 atom stereocenters. The van der Waals surface area contributed by atoms with E-state index in [4.69, 9.17) is 0 Å². The first-order chi connectivity index (χ1) is 7.66. The molecular weight excluding hydrogens is 196 g/mol. The third-order valence-corrected chi connectivity index (χ3v) is 2.26. The Hall–Kier alpha value is -1.57. The summed E-state index contributed by atoms with van der Waals surface area (Å²) in [6.07, 6.45) is 0. The predicted molar refractivity (Wildman–Crippen MR) is 69.1 cm³/mol. The number of hydrogen-bond donors (Lipinski definition) is 0. The van der Waals surface area contributed by atoms with E-state index in [2.05, 4.69) is 49.3 Å². The summed E-state index contributed by atoms with van der Waals surface area (Å²) >= 11 is 0. The van der Waals surface area contributed by atoms with Crippen molar-refractivity contribution in [1.82, 2.24) is 9.78 Å². The standard InChI is InChI=1S/C12H14N2.C2H6/c1-9-5-4-6-12(7-9)14-11(3)8-10(2)13-14;1-2/h4-8H,1-3H3;1-2H3. The maximum Gasteiger partial charge on any atom is 0.0651 e. The molecule has 2 heteroatoms. The summed E-state index contributed by atoms with van der Waals surface area (Å²) in [6, 6.07) is 10.4. The van der Waals surface area contributed by atoms with Crippen molar-refractivity contribution >= 4 is 0 Å². The van der Waals surface area contributed by atoms with Gasteiger partial charge < -0.3 is 0 Å². The lowest BCUT2D eigenvalue weighted by atomic mass is 10.2. The van der Waals surface area contributed by atoms with Crippen molar-refractivity contribution in [2.24, 2.45) is 0 Å². The van der Waals surface area contributed by atoms with E-state index in [1.165, 1.54) is 11.3 Å². The van der Waals surface area contributed by atoms with Gasteiger partial charge in [0, 0.05) is 5.69 Å². The third-order valence-electron chi connectivity index (χ3n) is 2.26. The van der Waals surface area contributed by atoms with Gasteiger partial charge in [-0.15, -0.1) is 0 Å². The molecule has 86 valence electrons. The summed E-state index contributed by atoms with van der Waals surface area (Å²) in [5, 5.41) is 4.44. The SMILES string of the molecule is CC.Cc1cccc(-n2nc(C)cc2C)c1. The van der Waals surface area contributed by atoms with Crippen LogP contribution < -0.4 is 0 Å². The molecule has 0 saturated carbocycles. The monoisotopic (exact) mass is 216 g/mol. The highest BCUT2D eigenvalue weighted by Crippen LogP contribution is 2.12. The third kappa shape index (κ3) is 2.72. The summed E-state index contributed by atoms with van der Waals surface area (Å²) in [6.45, 7) is 10.2. The number of hydrogen-bond acceptors (Lipinski definition) is 1. The molecule has 0 radical (unpaired) electrons. The van der Waals surface area contributed by atoms with Crippen molar-refractivity contribution in [3.63, 3.8) is 0 Å². The van der Waals surface area contributed by atoms with Gasteiger partial charge >= 0.3 is 0 Å². The molecule has 2 aromatic rings. The highest BCUT2D eigenvalue weighted by atomic mass is 15.3. The van der Waals surface area contributed by atoms with E-state index in [1.807, 2.05) is 25.5 Å². The van der Waals surface area contributed by atoms with Crippen LogP contribution in [0.3, 0.4) is 0 Å². The Kier molecular flexibility index (Phi) is 4.29. The molecule has 2 nitrogen and oxygen atoms in total. The van der Waals surface area contributed by atoms with Crippen LogP contribution in [0.1, 0.15) is 30.8 Å². The van der Waals surface area contributed by atoms with Gasteiger partial charge in [0.1, 0.15) is 0 Å². The van der Waals surface area contributed by atoms with E-state index in [-0.39, 0.29) is 0 Å². The van der Waals surface area contributed by atoms with Crippen LogP contribution >= 0.6 is 0 Å². The van der Waals surface area contributed by atoms with Crippen LogP contribution in [0.5, 0.6) is 0 Å². The summed E-state index contributed by atoms with van der Waals surface area (Å²) in [5.74, 6) is 0. The molecule has 0 spiro atoms. The Morgan fingerprint density at radius 2 is 1.69 bits per heavy atom. The molecule has 0 amide bonds. The zero-order valence-electron chi connectivity index (χ0n) is 10.8. The van der Waals surface area contributed by atoms with Gasteiger partial charge in [0.05, 0.1) is 11.4 Å². The summed E-state index contributed by atoms with van der Waals surface area (Å²) in [7, 11) is 0. The highest BCUT2D eigenvalue weighted by Gasteiger charge is 2.02. The van der Waals surface area contributed by atoms with E-state index in [0.717, 1.165) is 11.4 Å². The average Bonchev–Trinajstić information content (AvgIpc) is 2.61. The van der Waals surface area contributed by atoms with E-state index in [9.17, 15) is 0 Å². The zero-order chi connectivity index (χ0) is 12.1. The zero-order valence-corrected chi connectivity index (χ0v) is 10.8. The number of aryl methyl sites for hydroxylation is 3. The fourth-order valence-electron chi connectivity index (χ4n) is 1.65. The van der Waals surface area contributed by atoms with Gasteiger partial charge in [-0.25, -0.2) is 4.68 Å². The lowest BCUT2D eigenvalue weighted by Crippen LogP contribution is -1.98. The van der Waals surface area contributed by atoms with Gasteiger partial charge in [-0.3, -0.25) is 0 Å². The summed E-state index contributed by atoms with van der Waals surface area (Å²) < 4.78 is 1.97. The largest absolute Gasteiger partial charge is 0.238 e. The number of rotatable bonds is 1. The molecule has 0 saturated heterocycles. The van der Waals surface area contributed by atoms with Crippen LogP contribution in [0, 0.1) is 20.8 Å². The van der Waals surface area contributed by atoms with E-state index in [1.54, 1.807) is 0 Å². The van der Waals surface area contributed by atoms with Crippen LogP contribution in [0.2, 0.25) is 0 Å². The van der Waals surface area contributed by atoms with Crippen molar-refractivity contribution in [2.75, 3.05) is 0 Å². The van der Waals surface area contributed by atoms with Crippen molar-refractivity contribution < 1.29 is 0 Å². The Morgan fingerprint density at radius 3 is 2.19 bits per heavy atom. The molecule has 0 bridgehead atoms. The van der Waals surface area contributed by atoms with Gasteiger partial charge in [0.25, 0.3) is 0 Å². The Bertz CT molecular complexity index is 456. The summed E-state index contributed by atoms with van der Waals surface area (Å²) in [4.78, 5) is 0. The van der Waals surface area contributed by atoms with Crippen LogP contribution in [-0.2, 0) is 0 Å². The van der Waals surface area contributed by atoms with Crippen LogP contribution in [0.25, 0.3) is 5.69 Å². The molecule has 0 aliphatic heterocycles. The predicted octanol–water partition coefficient (Wildman–Crippen LogP) is 3.82. The van der Waals surface area contributed by atoms with Gasteiger partial charge in [-0.05, 0) is 44.5 Å². The van der Waals surface area contributed by atoms with Crippen molar-refractivity contribution in [3.05, 3.63) is 47.3 Å². The fraction of sp³-hybridized carbons (Fsp3) is 0.357. The molecule has 0 fully saturated rings. The van der Waals surface area contributed by atoms with Gasteiger partial charge in [0.15, 0.2) is 0 Å². The maximum atomic E-state index is 4.44. The van der Waals surface area contributed by atoms with Crippen molar-refractivity contribution in [1.29, 1.82) is 0 Å². The summed E-state index contributed by atoms with van der Waals surface area (Å²) in [5.41, 5.74) is 4.63. The van der Waals surface area contributed by atoms with E-state index < -0.39 is 0 Å². The topological polar surface area (TPSA) is 17.8 Å². The second-order valence-electron chi connectivity index (χ2n) is 3.68. The average molecular weight is 216 g/mol. The fourth-order valence-corrected chi connectivity index (χ4v) is 1.65. The maximum absolute atomic E-state index is 4.44. The molecule has 1 aromatic carbocycles. The Morgan fingerprint density at radius 1 is 1.00 bits per heavy atom. The Balaban J connectivity index is 0.000000606. The van der Waals surface area contributed by atoms with Gasteiger partial charge in [-0.1, -0.05) is 26.0 Å². The second kappa shape index (κ2) is 5.50. The number of nitrogens with zero attached hydrogens (tertiary/aromatic N) is 2. The molecule has 0 aliphatic carbocycles.